The number of nitrogens with one attached hydrogen (secondary N) is 1. The van der Waals surface area contributed by atoms with Crippen molar-refractivity contribution in [2.45, 2.75) is 70.4 Å². The van der Waals surface area contributed by atoms with E-state index in [1.54, 1.807) is 38.5 Å². The van der Waals surface area contributed by atoms with Crippen LogP contribution >= 0.6 is 0 Å². The normalized spacial score (nSPS) is 48.8. The van der Waals surface area contributed by atoms with E-state index in [0.29, 0.717) is 5.41 Å². The zero-order valence-electron chi connectivity index (χ0n) is 13.4. The Kier molecular flexibility index (Phi) is 3.38. The molecule has 0 spiro atoms. The molecule has 1 heterocycles. The van der Waals surface area contributed by atoms with Crippen LogP contribution in [0.2, 0.25) is 0 Å². The fraction of sp³-hybridized carbons (Fsp3) is 1.00. The molecule has 5 fully saturated rings. The van der Waals surface area contributed by atoms with E-state index in [4.69, 9.17) is 0 Å². The Morgan fingerprint density at radius 1 is 1.05 bits per heavy atom. The van der Waals surface area contributed by atoms with Crippen molar-refractivity contribution in [3.63, 3.8) is 0 Å². The van der Waals surface area contributed by atoms with Gasteiger partial charge in [0.1, 0.15) is 0 Å². The first-order chi connectivity index (χ1) is 9.66. The van der Waals surface area contributed by atoms with Crippen molar-refractivity contribution in [3.8, 4) is 0 Å². The molecule has 0 radical (unpaired) electrons. The number of hydrogen-bond acceptors (Lipinski definition) is 2. The van der Waals surface area contributed by atoms with Gasteiger partial charge in [-0.25, -0.2) is 0 Å². The number of hydrogen-bond donors (Lipinski definition) is 1. The highest BCUT2D eigenvalue weighted by Crippen LogP contribution is 2.61. The first kappa shape index (κ1) is 13.6. The minimum Gasteiger partial charge on any atom is -0.315 e. The Balaban J connectivity index is 1.51. The summed E-state index contributed by atoms with van der Waals surface area (Å²) in [5.74, 6) is 3.25. The molecular weight excluding hydrogens is 244 g/mol. The molecule has 1 aliphatic heterocycles. The number of rotatable bonds is 3. The zero-order chi connectivity index (χ0) is 13.7. The van der Waals surface area contributed by atoms with E-state index in [9.17, 15) is 0 Å². The van der Waals surface area contributed by atoms with Crippen LogP contribution in [0.25, 0.3) is 0 Å². The van der Waals surface area contributed by atoms with Crippen LogP contribution in [0.3, 0.4) is 0 Å². The minimum absolute atomic E-state index is 0.681. The third kappa shape index (κ3) is 2.14. The van der Waals surface area contributed by atoms with Gasteiger partial charge in [-0.2, -0.15) is 0 Å². The quantitative estimate of drug-likeness (QED) is 0.851. The summed E-state index contributed by atoms with van der Waals surface area (Å²) >= 11 is 0. The maximum absolute atomic E-state index is 3.60. The molecule has 5 rings (SSSR count). The largest absolute Gasteiger partial charge is 0.315 e. The summed E-state index contributed by atoms with van der Waals surface area (Å²) < 4.78 is 0. The van der Waals surface area contributed by atoms with Crippen molar-refractivity contribution in [2.24, 2.45) is 23.2 Å². The van der Waals surface area contributed by atoms with E-state index >= 15 is 0 Å². The second-order valence-corrected chi connectivity index (χ2v) is 8.62. The van der Waals surface area contributed by atoms with Gasteiger partial charge in [-0.05, 0) is 95.1 Å². The second-order valence-electron chi connectivity index (χ2n) is 8.62. The molecule has 2 atom stereocenters. The number of piperidine rings is 1. The van der Waals surface area contributed by atoms with Gasteiger partial charge in [0, 0.05) is 18.6 Å². The van der Waals surface area contributed by atoms with Crippen LogP contribution in [0.15, 0.2) is 0 Å². The van der Waals surface area contributed by atoms with Crippen molar-refractivity contribution in [2.75, 3.05) is 20.1 Å². The monoisotopic (exact) mass is 276 g/mol. The van der Waals surface area contributed by atoms with Crippen LogP contribution in [-0.2, 0) is 0 Å². The third-order valence-electron chi connectivity index (χ3n) is 7.43. The SMILES string of the molecule is CC(N(C)C1CCCNC1)C12CC3CC(CC(C3)C1)C2. The molecule has 1 saturated heterocycles. The highest BCUT2D eigenvalue weighted by molar-refractivity contribution is 5.06. The Labute approximate surface area is 124 Å². The molecule has 1 N–H and O–H groups in total. The highest BCUT2D eigenvalue weighted by Gasteiger charge is 2.54. The lowest BCUT2D eigenvalue weighted by molar-refractivity contribution is -0.0998. The standard InChI is InChI=1S/C18H32N2/c1-13(20(2)17-4-3-5-19-12-17)18-9-14-6-15(10-18)8-16(7-14)11-18/h13-17,19H,3-12H2,1-2H3. The van der Waals surface area contributed by atoms with Crippen LogP contribution in [-0.4, -0.2) is 37.1 Å². The summed E-state index contributed by atoms with van der Waals surface area (Å²) in [6.07, 6.45) is 12.1. The van der Waals surface area contributed by atoms with Crippen molar-refractivity contribution in [1.82, 2.24) is 10.2 Å². The summed E-state index contributed by atoms with van der Waals surface area (Å²) in [6.45, 7) is 5.00. The predicted octanol–water partition coefficient (Wildman–Crippen LogP) is 3.28. The molecule has 4 saturated carbocycles. The van der Waals surface area contributed by atoms with Crippen LogP contribution < -0.4 is 5.32 Å². The van der Waals surface area contributed by atoms with Gasteiger partial charge in [-0.3, -0.25) is 4.90 Å². The van der Waals surface area contributed by atoms with Gasteiger partial charge in [0.05, 0.1) is 0 Å². The highest BCUT2D eigenvalue weighted by atomic mass is 15.2. The topological polar surface area (TPSA) is 15.3 Å². The molecule has 0 aromatic rings. The van der Waals surface area contributed by atoms with Crippen molar-refractivity contribution in [1.29, 1.82) is 0 Å². The first-order valence-electron chi connectivity index (χ1n) is 9.09. The third-order valence-corrected chi connectivity index (χ3v) is 7.43. The average molecular weight is 276 g/mol. The molecule has 2 heteroatoms. The molecule has 0 aromatic heterocycles. The fourth-order valence-electron chi connectivity index (χ4n) is 6.62. The van der Waals surface area contributed by atoms with E-state index in [2.05, 4.69) is 24.2 Å². The van der Waals surface area contributed by atoms with Crippen LogP contribution in [0, 0.1) is 23.2 Å². The van der Waals surface area contributed by atoms with Crippen LogP contribution in [0.5, 0.6) is 0 Å². The maximum atomic E-state index is 3.60. The van der Waals surface area contributed by atoms with E-state index in [-0.39, 0.29) is 0 Å². The van der Waals surface area contributed by atoms with Gasteiger partial charge < -0.3 is 5.32 Å². The van der Waals surface area contributed by atoms with Crippen molar-refractivity contribution in [3.05, 3.63) is 0 Å². The number of likely N-dealkylation sites (N-methyl/N-ethyl adjacent to an activating group) is 1. The summed E-state index contributed by atoms with van der Waals surface area (Å²) in [5, 5.41) is 3.60. The molecule has 4 bridgehead atoms. The average Bonchev–Trinajstić information content (AvgIpc) is 2.45. The van der Waals surface area contributed by atoms with Gasteiger partial charge in [0.15, 0.2) is 0 Å². The molecule has 2 unspecified atom stereocenters. The van der Waals surface area contributed by atoms with Gasteiger partial charge in [0.2, 0.25) is 0 Å². The Morgan fingerprint density at radius 2 is 1.65 bits per heavy atom. The fourth-order valence-corrected chi connectivity index (χ4v) is 6.62. The van der Waals surface area contributed by atoms with Crippen LogP contribution in [0.1, 0.15) is 58.3 Å². The van der Waals surface area contributed by atoms with Crippen molar-refractivity contribution < 1.29 is 0 Å². The van der Waals surface area contributed by atoms with Gasteiger partial charge in [-0.15, -0.1) is 0 Å². The van der Waals surface area contributed by atoms with Gasteiger partial charge in [0.25, 0.3) is 0 Å². The zero-order valence-corrected chi connectivity index (χ0v) is 13.4. The van der Waals surface area contributed by atoms with E-state index in [1.807, 2.05) is 0 Å². The molecule has 0 amide bonds. The lowest BCUT2D eigenvalue weighted by atomic mass is 9.47. The minimum atomic E-state index is 0.681. The van der Waals surface area contributed by atoms with Crippen molar-refractivity contribution >= 4 is 0 Å². The Hall–Kier alpha value is -0.0800. The summed E-state index contributed by atoms with van der Waals surface area (Å²) in [7, 11) is 2.42. The summed E-state index contributed by atoms with van der Waals surface area (Å²) in [6, 6.07) is 1.58. The lowest BCUT2D eigenvalue weighted by Crippen LogP contribution is -2.58. The molecule has 114 valence electrons. The Morgan fingerprint density at radius 3 is 2.15 bits per heavy atom. The smallest absolute Gasteiger partial charge is 0.0221 e. The molecule has 0 aromatic carbocycles. The van der Waals surface area contributed by atoms with E-state index in [0.717, 1.165) is 29.8 Å². The van der Waals surface area contributed by atoms with Gasteiger partial charge >= 0.3 is 0 Å². The van der Waals surface area contributed by atoms with Gasteiger partial charge in [-0.1, -0.05) is 0 Å². The van der Waals surface area contributed by atoms with E-state index in [1.165, 1.54) is 25.9 Å². The molecule has 2 nitrogen and oxygen atoms in total. The molecule has 20 heavy (non-hydrogen) atoms. The maximum Gasteiger partial charge on any atom is 0.0221 e. The predicted molar refractivity (Wildman–Crippen MR) is 83.7 cm³/mol. The van der Waals surface area contributed by atoms with E-state index < -0.39 is 0 Å². The molecular formula is C18H32N2. The summed E-state index contributed by atoms with van der Waals surface area (Å²) in [5.41, 5.74) is 0.681. The Bertz CT molecular complexity index is 323. The number of nitrogens with zero attached hydrogens (tertiary/aromatic N) is 1. The first-order valence-corrected chi connectivity index (χ1v) is 9.09. The second kappa shape index (κ2) is 4.98. The lowest BCUT2D eigenvalue weighted by Gasteiger charge is -2.61. The summed E-state index contributed by atoms with van der Waals surface area (Å²) in [4.78, 5) is 2.76. The van der Waals surface area contributed by atoms with Crippen LogP contribution in [0.4, 0.5) is 0 Å². The molecule has 5 aliphatic rings. The molecule has 4 aliphatic carbocycles.